The van der Waals surface area contributed by atoms with Crippen molar-refractivity contribution >= 4 is 15.9 Å². The summed E-state index contributed by atoms with van der Waals surface area (Å²) in [4.78, 5) is 16.3. The van der Waals surface area contributed by atoms with E-state index in [4.69, 9.17) is 8.83 Å². The van der Waals surface area contributed by atoms with Gasteiger partial charge >= 0.3 is 0 Å². The first-order valence-electron chi connectivity index (χ1n) is 7.71. The molecule has 1 aromatic carbocycles. The number of carbonyl (C=O) groups is 1. The van der Waals surface area contributed by atoms with E-state index in [2.05, 4.69) is 4.98 Å². The molecule has 4 rings (SSSR count). The molecule has 8 heteroatoms. The Morgan fingerprint density at radius 3 is 2.76 bits per heavy atom. The number of nitrogens with one attached hydrogen (secondary N) is 1. The summed E-state index contributed by atoms with van der Waals surface area (Å²) in [6.45, 7) is 0. The number of oxazole rings is 1. The number of rotatable bonds is 4. The number of nitrogens with zero attached hydrogens (tertiary/aromatic N) is 1. The van der Waals surface area contributed by atoms with Crippen molar-refractivity contribution in [3.8, 4) is 11.5 Å². The van der Waals surface area contributed by atoms with E-state index in [1.54, 1.807) is 24.3 Å². The van der Waals surface area contributed by atoms with Crippen LogP contribution in [0.2, 0.25) is 0 Å². The summed E-state index contributed by atoms with van der Waals surface area (Å²) in [7, 11) is -4.00. The minimum absolute atomic E-state index is 0.0598. The van der Waals surface area contributed by atoms with E-state index in [0.717, 1.165) is 36.8 Å². The van der Waals surface area contributed by atoms with Crippen LogP contribution in [0.15, 0.2) is 56.7 Å². The molecule has 0 unspecified atom stereocenters. The van der Waals surface area contributed by atoms with Crippen LogP contribution >= 0.6 is 0 Å². The van der Waals surface area contributed by atoms with Crippen LogP contribution in [0, 0.1) is 0 Å². The number of fused-ring (bicyclic) bond motifs is 1. The number of hydrogen-bond donors (Lipinski definition) is 1. The fourth-order valence-corrected chi connectivity index (χ4v) is 3.94. The second kappa shape index (κ2) is 5.89. The molecule has 0 bridgehead atoms. The Bertz CT molecular complexity index is 1030. The fraction of sp³-hybridized carbons (Fsp3) is 0.176. The van der Waals surface area contributed by atoms with Gasteiger partial charge in [0.1, 0.15) is 0 Å². The van der Waals surface area contributed by atoms with Crippen LogP contribution in [-0.2, 0) is 22.9 Å². The van der Waals surface area contributed by atoms with Crippen LogP contribution in [-0.4, -0.2) is 19.3 Å². The lowest BCUT2D eigenvalue weighted by Crippen LogP contribution is -2.31. The van der Waals surface area contributed by atoms with Crippen LogP contribution in [0.4, 0.5) is 0 Å². The van der Waals surface area contributed by atoms with E-state index in [9.17, 15) is 13.2 Å². The number of aryl methyl sites for hydroxylation is 2. The number of aromatic nitrogens is 1. The molecule has 128 valence electrons. The zero-order valence-corrected chi connectivity index (χ0v) is 13.9. The van der Waals surface area contributed by atoms with Crippen LogP contribution in [0.25, 0.3) is 11.5 Å². The van der Waals surface area contributed by atoms with Crippen molar-refractivity contribution in [2.24, 2.45) is 0 Å². The monoisotopic (exact) mass is 358 g/mol. The largest absolute Gasteiger partial charge is 0.461 e. The van der Waals surface area contributed by atoms with Crippen molar-refractivity contribution in [2.75, 3.05) is 0 Å². The van der Waals surface area contributed by atoms with Crippen molar-refractivity contribution in [2.45, 2.75) is 24.2 Å². The summed E-state index contributed by atoms with van der Waals surface area (Å²) in [5.41, 5.74) is 2.01. The van der Waals surface area contributed by atoms with Crippen molar-refractivity contribution in [3.05, 3.63) is 59.8 Å². The minimum atomic E-state index is -4.00. The van der Waals surface area contributed by atoms with Crippen LogP contribution in [0.1, 0.15) is 28.0 Å². The number of amides is 1. The number of sulfonamides is 1. The molecule has 1 aliphatic rings. The van der Waals surface area contributed by atoms with Crippen molar-refractivity contribution in [3.63, 3.8) is 0 Å². The van der Waals surface area contributed by atoms with E-state index >= 15 is 0 Å². The number of benzene rings is 1. The van der Waals surface area contributed by atoms with Gasteiger partial charge in [-0.1, -0.05) is 6.07 Å². The van der Waals surface area contributed by atoms with Gasteiger partial charge in [0, 0.05) is 0 Å². The molecule has 2 aromatic heterocycles. The maximum atomic E-state index is 12.5. The Labute approximate surface area is 143 Å². The highest BCUT2D eigenvalue weighted by Gasteiger charge is 2.26. The Morgan fingerprint density at radius 1 is 1.12 bits per heavy atom. The van der Waals surface area contributed by atoms with Crippen molar-refractivity contribution in [1.29, 1.82) is 0 Å². The van der Waals surface area contributed by atoms with Gasteiger partial charge in [-0.05, 0) is 54.7 Å². The summed E-state index contributed by atoms with van der Waals surface area (Å²) >= 11 is 0. The minimum Gasteiger partial charge on any atom is -0.461 e. The fourth-order valence-electron chi connectivity index (χ4n) is 2.94. The Morgan fingerprint density at radius 2 is 1.96 bits per heavy atom. The van der Waals surface area contributed by atoms with Gasteiger partial charge in [-0.15, -0.1) is 0 Å². The van der Waals surface area contributed by atoms with E-state index < -0.39 is 15.9 Å². The zero-order valence-electron chi connectivity index (χ0n) is 13.1. The predicted octanol–water partition coefficient (Wildman–Crippen LogP) is 2.54. The number of hydrogen-bond acceptors (Lipinski definition) is 6. The third-order valence-corrected chi connectivity index (χ3v) is 5.46. The molecule has 1 aliphatic carbocycles. The third-order valence-electron chi connectivity index (χ3n) is 4.13. The van der Waals surface area contributed by atoms with Gasteiger partial charge in [0.05, 0.1) is 11.2 Å². The highest BCUT2D eigenvalue weighted by molar-refractivity contribution is 7.90. The van der Waals surface area contributed by atoms with Crippen molar-refractivity contribution in [1.82, 2.24) is 9.71 Å². The molecule has 0 saturated carbocycles. The number of carbonyl (C=O) groups excluding carboxylic acids is 1. The SMILES string of the molecule is O=C(NS(=O)(=O)c1ccc2c(c1)CCC2)c1ncoc1-c1ccco1. The maximum Gasteiger partial charge on any atom is 0.287 e. The van der Waals surface area contributed by atoms with E-state index in [-0.39, 0.29) is 22.1 Å². The topological polar surface area (TPSA) is 102 Å². The average molecular weight is 358 g/mol. The molecule has 7 nitrogen and oxygen atoms in total. The van der Waals surface area contributed by atoms with E-state index in [1.165, 1.54) is 12.3 Å². The molecule has 25 heavy (non-hydrogen) atoms. The van der Waals surface area contributed by atoms with Gasteiger partial charge in [0.2, 0.25) is 5.76 Å². The van der Waals surface area contributed by atoms with E-state index in [0.29, 0.717) is 0 Å². The summed E-state index contributed by atoms with van der Waals surface area (Å²) in [6, 6.07) is 8.14. The zero-order chi connectivity index (χ0) is 17.4. The Hall–Kier alpha value is -2.87. The highest BCUT2D eigenvalue weighted by atomic mass is 32.2. The molecular formula is C17H14N2O5S. The molecular weight excluding hydrogens is 344 g/mol. The van der Waals surface area contributed by atoms with Gasteiger partial charge in [-0.25, -0.2) is 18.1 Å². The predicted molar refractivity (Wildman–Crippen MR) is 87.3 cm³/mol. The molecule has 0 fully saturated rings. The van der Waals surface area contributed by atoms with Crippen LogP contribution in [0.3, 0.4) is 0 Å². The van der Waals surface area contributed by atoms with Gasteiger partial charge in [0.25, 0.3) is 15.9 Å². The molecule has 0 saturated heterocycles. The average Bonchev–Trinajstić information content (AvgIpc) is 3.32. The summed E-state index contributed by atoms with van der Waals surface area (Å²) in [6.07, 6.45) is 5.29. The van der Waals surface area contributed by atoms with Crippen LogP contribution in [0.5, 0.6) is 0 Å². The summed E-state index contributed by atoms with van der Waals surface area (Å²) < 4.78 is 37.4. The van der Waals surface area contributed by atoms with E-state index in [1.807, 2.05) is 4.72 Å². The lowest BCUT2D eigenvalue weighted by atomic mass is 10.1. The molecule has 0 aliphatic heterocycles. The lowest BCUT2D eigenvalue weighted by molar-refractivity contribution is 0.0977. The van der Waals surface area contributed by atoms with Gasteiger partial charge < -0.3 is 8.83 Å². The third kappa shape index (κ3) is 2.85. The number of furan rings is 1. The molecule has 3 aromatic rings. The maximum absolute atomic E-state index is 12.5. The molecule has 1 amide bonds. The summed E-state index contributed by atoms with van der Waals surface area (Å²) in [5.74, 6) is -0.509. The second-order valence-electron chi connectivity index (χ2n) is 5.73. The highest BCUT2D eigenvalue weighted by Crippen LogP contribution is 2.26. The smallest absolute Gasteiger partial charge is 0.287 e. The van der Waals surface area contributed by atoms with Crippen LogP contribution < -0.4 is 4.72 Å². The lowest BCUT2D eigenvalue weighted by Gasteiger charge is -2.08. The normalized spacial score (nSPS) is 13.6. The quantitative estimate of drug-likeness (QED) is 0.769. The Kier molecular flexibility index (Phi) is 3.69. The molecule has 0 spiro atoms. The van der Waals surface area contributed by atoms with Gasteiger partial charge in [-0.2, -0.15) is 0 Å². The molecule has 0 atom stereocenters. The second-order valence-corrected chi connectivity index (χ2v) is 7.41. The standard InChI is InChI=1S/C17H14N2O5S/c20-17(15-16(24-10-18-15)14-5-2-8-23-14)19-25(21,22)13-7-6-11-3-1-4-12(11)9-13/h2,5-10H,1,3-4H2,(H,19,20). The van der Waals surface area contributed by atoms with Gasteiger partial charge in [0.15, 0.2) is 17.8 Å². The molecule has 2 heterocycles. The first-order chi connectivity index (χ1) is 12.0. The summed E-state index contributed by atoms with van der Waals surface area (Å²) in [5, 5.41) is 0. The van der Waals surface area contributed by atoms with Gasteiger partial charge in [-0.3, -0.25) is 4.79 Å². The first-order valence-corrected chi connectivity index (χ1v) is 9.19. The van der Waals surface area contributed by atoms with Crippen molar-refractivity contribution < 1.29 is 22.0 Å². The first kappa shape index (κ1) is 15.6. The Balaban J connectivity index is 1.62. The molecule has 0 radical (unpaired) electrons. The molecule has 1 N–H and O–H groups in total.